The summed E-state index contributed by atoms with van der Waals surface area (Å²) in [6, 6.07) is 9.40. The number of hydrogen-bond donors (Lipinski definition) is 1. The summed E-state index contributed by atoms with van der Waals surface area (Å²) in [5, 5.41) is 0. The van der Waals surface area contributed by atoms with Crippen LogP contribution in [0.25, 0.3) is 0 Å². The van der Waals surface area contributed by atoms with Gasteiger partial charge in [-0.05, 0) is 55.0 Å². The number of hydrogen-bond acceptors (Lipinski definition) is 4. The molecule has 1 aromatic heterocycles. The number of fused-ring (bicyclic) bond motifs is 2. The molecule has 2 amide bonds. The van der Waals surface area contributed by atoms with Crippen LogP contribution in [0.1, 0.15) is 40.9 Å². The smallest absolute Gasteiger partial charge is 0.267 e. The Hall–Kier alpha value is -2.89. The van der Waals surface area contributed by atoms with E-state index >= 15 is 0 Å². The number of pyridine rings is 1. The lowest BCUT2D eigenvalue weighted by molar-refractivity contribution is -0.118. The number of para-hydroxylation sites is 2. The Balaban J connectivity index is 0.000000151. The van der Waals surface area contributed by atoms with Crippen molar-refractivity contribution in [2.24, 2.45) is 5.73 Å². The number of anilines is 1. The van der Waals surface area contributed by atoms with Gasteiger partial charge in [0.2, 0.25) is 5.91 Å². The van der Waals surface area contributed by atoms with Crippen LogP contribution < -0.4 is 15.4 Å². The molecule has 0 bridgehead atoms. The summed E-state index contributed by atoms with van der Waals surface area (Å²) in [5.41, 5.74) is 8.91. The van der Waals surface area contributed by atoms with E-state index in [0.717, 1.165) is 24.3 Å². The molecule has 1 aromatic carbocycles. The third-order valence-corrected chi connectivity index (χ3v) is 4.65. The minimum Gasteiger partial charge on any atom is -0.491 e. The van der Waals surface area contributed by atoms with Crippen molar-refractivity contribution in [3.63, 3.8) is 0 Å². The quantitative estimate of drug-likeness (QED) is 0.853. The summed E-state index contributed by atoms with van der Waals surface area (Å²) >= 11 is 0. The second-order valence-electron chi connectivity index (χ2n) is 6.43. The number of rotatable bonds is 1. The first-order valence-electron chi connectivity index (χ1n) is 8.82. The van der Waals surface area contributed by atoms with Gasteiger partial charge in [0.15, 0.2) is 0 Å². The summed E-state index contributed by atoms with van der Waals surface area (Å²) in [6.07, 6.45) is 6.80. The topological polar surface area (TPSA) is 85.5 Å². The zero-order chi connectivity index (χ0) is 18.5. The van der Waals surface area contributed by atoms with Crippen LogP contribution in [0, 0.1) is 0 Å². The third kappa shape index (κ3) is 4.02. The molecule has 2 aromatic rings. The SMILES string of the molecule is CN1C(=O)CCOc2ccccc21.NC(=O)c1cc2c(cn1)CCCC2. The lowest BCUT2D eigenvalue weighted by atomic mass is 9.93. The van der Waals surface area contributed by atoms with E-state index in [1.807, 2.05) is 30.3 Å². The van der Waals surface area contributed by atoms with Crippen LogP contribution in [-0.2, 0) is 17.6 Å². The van der Waals surface area contributed by atoms with E-state index in [1.165, 1.54) is 24.0 Å². The Morgan fingerprint density at radius 1 is 1.15 bits per heavy atom. The van der Waals surface area contributed by atoms with E-state index in [2.05, 4.69) is 4.98 Å². The molecule has 1 aliphatic heterocycles. The fourth-order valence-corrected chi connectivity index (χ4v) is 3.16. The van der Waals surface area contributed by atoms with Crippen LogP contribution in [0.3, 0.4) is 0 Å². The van der Waals surface area contributed by atoms with Gasteiger partial charge in [0.25, 0.3) is 5.91 Å². The van der Waals surface area contributed by atoms with Crippen LogP contribution in [0.4, 0.5) is 5.69 Å². The molecule has 136 valence electrons. The predicted molar refractivity (Wildman–Crippen MR) is 99.4 cm³/mol. The molecule has 0 radical (unpaired) electrons. The number of nitrogens with two attached hydrogens (primary N) is 1. The van der Waals surface area contributed by atoms with E-state index in [4.69, 9.17) is 10.5 Å². The number of carbonyl (C=O) groups excluding carboxylic acids is 2. The highest BCUT2D eigenvalue weighted by Gasteiger charge is 2.18. The number of amides is 2. The molecule has 2 heterocycles. The Bertz CT molecular complexity index is 820. The van der Waals surface area contributed by atoms with Gasteiger partial charge < -0.3 is 15.4 Å². The molecule has 2 aliphatic rings. The van der Waals surface area contributed by atoms with Crippen LogP contribution in [0.2, 0.25) is 0 Å². The van der Waals surface area contributed by atoms with Gasteiger partial charge in [-0.3, -0.25) is 14.6 Å². The number of aryl methyl sites for hydroxylation is 2. The molecule has 6 heteroatoms. The zero-order valence-electron chi connectivity index (χ0n) is 14.9. The number of aromatic nitrogens is 1. The average Bonchev–Trinajstić information content (AvgIpc) is 2.81. The fraction of sp³-hybridized carbons (Fsp3) is 0.350. The summed E-state index contributed by atoms with van der Waals surface area (Å²) in [6.45, 7) is 0.472. The van der Waals surface area contributed by atoms with E-state index < -0.39 is 5.91 Å². The third-order valence-electron chi connectivity index (χ3n) is 4.65. The van der Waals surface area contributed by atoms with Crippen molar-refractivity contribution in [1.29, 1.82) is 0 Å². The second-order valence-corrected chi connectivity index (χ2v) is 6.43. The maximum Gasteiger partial charge on any atom is 0.267 e. The van der Waals surface area contributed by atoms with Crippen molar-refractivity contribution in [3.8, 4) is 5.75 Å². The van der Waals surface area contributed by atoms with Gasteiger partial charge in [-0.1, -0.05) is 12.1 Å². The second kappa shape index (κ2) is 7.99. The van der Waals surface area contributed by atoms with Crippen LogP contribution in [0.5, 0.6) is 5.75 Å². The maximum atomic E-state index is 11.4. The zero-order valence-corrected chi connectivity index (χ0v) is 14.9. The molecular formula is C20H23N3O3. The Morgan fingerprint density at radius 3 is 2.65 bits per heavy atom. The van der Waals surface area contributed by atoms with Gasteiger partial charge in [-0.15, -0.1) is 0 Å². The van der Waals surface area contributed by atoms with Crippen molar-refractivity contribution in [3.05, 3.63) is 53.3 Å². The average molecular weight is 353 g/mol. The minimum absolute atomic E-state index is 0.102. The summed E-state index contributed by atoms with van der Waals surface area (Å²) < 4.78 is 5.43. The first kappa shape index (κ1) is 17.9. The first-order chi connectivity index (χ1) is 12.6. The Morgan fingerprint density at radius 2 is 1.88 bits per heavy atom. The lowest BCUT2D eigenvalue weighted by Gasteiger charge is -2.15. The molecule has 0 fully saturated rings. The molecule has 0 unspecified atom stereocenters. The predicted octanol–water partition coefficient (Wildman–Crippen LogP) is 2.49. The first-order valence-corrected chi connectivity index (χ1v) is 8.82. The van der Waals surface area contributed by atoms with Crippen molar-refractivity contribution in [2.45, 2.75) is 32.1 Å². The van der Waals surface area contributed by atoms with Gasteiger partial charge in [0, 0.05) is 13.2 Å². The van der Waals surface area contributed by atoms with E-state index in [1.54, 1.807) is 18.1 Å². The number of nitrogens with zero attached hydrogens (tertiary/aromatic N) is 2. The lowest BCUT2D eigenvalue weighted by Crippen LogP contribution is -2.24. The normalized spacial score (nSPS) is 15.6. The van der Waals surface area contributed by atoms with Crippen molar-refractivity contribution in [1.82, 2.24) is 4.98 Å². The molecule has 6 nitrogen and oxygen atoms in total. The van der Waals surface area contributed by atoms with Crippen LogP contribution in [-0.4, -0.2) is 30.5 Å². The summed E-state index contributed by atoms with van der Waals surface area (Å²) in [7, 11) is 1.77. The monoisotopic (exact) mass is 353 g/mol. The molecular weight excluding hydrogens is 330 g/mol. The molecule has 0 saturated heterocycles. The highest BCUT2D eigenvalue weighted by atomic mass is 16.5. The molecule has 4 rings (SSSR count). The van der Waals surface area contributed by atoms with Crippen LogP contribution >= 0.6 is 0 Å². The number of carbonyl (C=O) groups is 2. The molecule has 0 atom stereocenters. The van der Waals surface area contributed by atoms with Crippen LogP contribution in [0.15, 0.2) is 36.5 Å². The molecule has 0 saturated carbocycles. The molecule has 0 spiro atoms. The number of ether oxygens (including phenoxy) is 1. The molecule has 1 aliphatic carbocycles. The maximum absolute atomic E-state index is 11.4. The molecule has 26 heavy (non-hydrogen) atoms. The number of primary amides is 1. The van der Waals surface area contributed by atoms with E-state index in [0.29, 0.717) is 18.7 Å². The summed E-state index contributed by atoms with van der Waals surface area (Å²) in [5.74, 6) is 0.453. The van der Waals surface area contributed by atoms with Gasteiger partial charge in [-0.25, -0.2) is 0 Å². The van der Waals surface area contributed by atoms with Gasteiger partial charge >= 0.3 is 0 Å². The Labute approximate surface area is 153 Å². The number of benzene rings is 1. The van der Waals surface area contributed by atoms with Crippen molar-refractivity contribution in [2.75, 3.05) is 18.6 Å². The minimum atomic E-state index is -0.437. The molecule has 2 N–H and O–H groups in total. The summed E-state index contributed by atoms with van der Waals surface area (Å²) in [4.78, 5) is 27.9. The Kier molecular flexibility index (Phi) is 5.51. The van der Waals surface area contributed by atoms with Gasteiger partial charge in [-0.2, -0.15) is 0 Å². The highest BCUT2D eigenvalue weighted by molar-refractivity contribution is 5.95. The van der Waals surface area contributed by atoms with Gasteiger partial charge in [0.05, 0.1) is 18.7 Å². The van der Waals surface area contributed by atoms with Crippen molar-refractivity contribution >= 4 is 17.5 Å². The van der Waals surface area contributed by atoms with E-state index in [9.17, 15) is 9.59 Å². The van der Waals surface area contributed by atoms with E-state index in [-0.39, 0.29) is 5.91 Å². The van der Waals surface area contributed by atoms with Gasteiger partial charge in [0.1, 0.15) is 11.4 Å². The standard InChI is InChI=1S/C10H12N2O.C10H11NO2/c11-10(13)9-5-7-3-1-2-4-8(7)6-12-9;1-11-8-4-2-3-5-9(8)13-7-6-10(11)12/h5-6H,1-4H2,(H2,11,13);2-5H,6-7H2,1H3. The van der Waals surface area contributed by atoms with Crippen molar-refractivity contribution < 1.29 is 14.3 Å². The fourth-order valence-electron chi connectivity index (χ4n) is 3.16. The highest BCUT2D eigenvalue weighted by Crippen LogP contribution is 2.29. The largest absolute Gasteiger partial charge is 0.491 e.